The van der Waals surface area contributed by atoms with Crippen LogP contribution in [0.3, 0.4) is 0 Å². The highest BCUT2D eigenvalue weighted by molar-refractivity contribution is 6.46. The van der Waals surface area contributed by atoms with Gasteiger partial charge < -0.3 is 4.43 Å². The Hall–Kier alpha value is -2.16. The second-order valence-electron chi connectivity index (χ2n) is 8.83. The van der Waals surface area contributed by atoms with Gasteiger partial charge in [-0.15, -0.1) is 0 Å². The fraction of sp³-hybridized carbons (Fsp3) is 0.308. The molecule has 0 aliphatic rings. The van der Waals surface area contributed by atoms with Crippen LogP contribution in [0, 0.1) is 0 Å². The van der Waals surface area contributed by atoms with Crippen LogP contribution < -0.4 is 5.19 Å². The number of hydrogen-bond donors (Lipinski definition) is 0. The first-order chi connectivity index (χ1) is 13.4. The lowest BCUT2D eigenvalue weighted by Gasteiger charge is -2.40. The summed E-state index contributed by atoms with van der Waals surface area (Å²) in [6.45, 7) is 9.33. The smallest absolute Gasteiger partial charge is 0.192 e. The topological polar surface area (TPSA) is 9.23 Å². The van der Waals surface area contributed by atoms with Crippen molar-refractivity contribution >= 4 is 14.9 Å². The van der Waals surface area contributed by atoms with Crippen molar-refractivity contribution in [1.29, 1.82) is 0 Å². The molecule has 0 saturated carbocycles. The zero-order valence-corrected chi connectivity index (χ0v) is 19.0. The fourth-order valence-electron chi connectivity index (χ4n) is 3.82. The SMILES string of the molecule is CC(C)(CC(O[SiH2]c1ccccc1)C(C)(C)c1ccccc1)c1ccccc1. The van der Waals surface area contributed by atoms with E-state index in [-0.39, 0.29) is 16.9 Å². The van der Waals surface area contributed by atoms with Crippen molar-refractivity contribution in [1.82, 2.24) is 0 Å². The van der Waals surface area contributed by atoms with Gasteiger partial charge in [-0.3, -0.25) is 0 Å². The molecule has 1 nitrogen and oxygen atoms in total. The van der Waals surface area contributed by atoms with Crippen LogP contribution in [0.1, 0.15) is 45.2 Å². The Morgan fingerprint density at radius 1 is 0.679 bits per heavy atom. The molecule has 28 heavy (non-hydrogen) atoms. The Kier molecular flexibility index (Phi) is 6.53. The Bertz CT molecular complexity index is 841. The summed E-state index contributed by atoms with van der Waals surface area (Å²) in [4.78, 5) is 0. The van der Waals surface area contributed by atoms with E-state index in [2.05, 4.69) is 119 Å². The quantitative estimate of drug-likeness (QED) is 0.486. The van der Waals surface area contributed by atoms with Gasteiger partial charge in [0.15, 0.2) is 9.76 Å². The summed E-state index contributed by atoms with van der Waals surface area (Å²) in [5.74, 6) is 0. The fourth-order valence-corrected chi connectivity index (χ4v) is 5.21. The summed E-state index contributed by atoms with van der Waals surface area (Å²) in [5, 5.41) is 1.36. The number of hydrogen-bond acceptors (Lipinski definition) is 1. The minimum atomic E-state index is -0.792. The summed E-state index contributed by atoms with van der Waals surface area (Å²) in [5.41, 5.74) is 2.69. The Labute approximate surface area is 172 Å². The molecule has 0 aliphatic heterocycles. The first kappa shape index (κ1) is 20.6. The molecule has 0 spiro atoms. The van der Waals surface area contributed by atoms with Gasteiger partial charge in [0.25, 0.3) is 0 Å². The number of benzene rings is 3. The van der Waals surface area contributed by atoms with Crippen LogP contribution in [0.15, 0.2) is 91.0 Å². The van der Waals surface area contributed by atoms with Gasteiger partial charge in [-0.25, -0.2) is 0 Å². The maximum atomic E-state index is 6.74. The van der Waals surface area contributed by atoms with Crippen molar-refractivity contribution in [2.75, 3.05) is 0 Å². The molecule has 3 aromatic rings. The Morgan fingerprint density at radius 3 is 1.68 bits per heavy atom. The van der Waals surface area contributed by atoms with E-state index < -0.39 is 9.76 Å². The predicted octanol–water partition coefficient (Wildman–Crippen LogP) is 5.13. The van der Waals surface area contributed by atoms with E-state index in [0.717, 1.165) is 6.42 Å². The summed E-state index contributed by atoms with van der Waals surface area (Å²) >= 11 is 0. The van der Waals surface area contributed by atoms with E-state index in [1.807, 2.05) is 0 Å². The third kappa shape index (κ3) is 5.01. The van der Waals surface area contributed by atoms with E-state index >= 15 is 0 Å². The van der Waals surface area contributed by atoms with Crippen LogP contribution in [0.25, 0.3) is 0 Å². The van der Waals surface area contributed by atoms with Crippen LogP contribution >= 0.6 is 0 Å². The molecular weight excluding hydrogens is 356 g/mol. The van der Waals surface area contributed by atoms with Gasteiger partial charge in [0.05, 0.1) is 6.10 Å². The van der Waals surface area contributed by atoms with Gasteiger partial charge >= 0.3 is 0 Å². The monoisotopic (exact) mass is 388 g/mol. The van der Waals surface area contributed by atoms with Gasteiger partial charge in [-0.2, -0.15) is 0 Å². The van der Waals surface area contributed by atoms with Crippen molar-refractivity contribution in [2.45, 2.75) is 51.0 Å². The van der Waals surface area contributed by atoms with Crippen LogP contribution in [-0.2, 0) is 15.3 Å². The highest BCUT2D eigenvalue weighted by Crippen LogP contribution is 2.37. The normalized spacial score (nSPS) is 13.7. The molecule has 146 valence electrons. The van der Waals surface area contributed by atoms with Crippen LogP contribution in [-0.4, -0.2) is 15.9 Å². The van der Waals surface area contributed by atoms with E-state index in [0.29, 0.717) is 0 Å². The first-order valence-electron chi connectivity index (χ1n) is 10.2. The molecule has 0 bridgehead atoms. The molecule has 0 radical (unpaired) electrons. The van der Waals surface area contributed by atoms with Crippen molar-refractivity contribution < 1.29 is 4.43 Å². The predicted molar refractivity (Wildman–Crippen MR) is 123 cm³/mol. The molecule has 1 unspecified atom stereocenters. The van der Waals surface area contributed by atoms with Gasteiger partial charge in [0.2, 0.25) is 0 Å². The zero-order chi connectivity index (χ0) is 20.0. The molecule has 1 atom stereocenters. The van der Waals surface area contributed by atoms with E-state index in [1.165, 1.54) is 16.3 Å². The van der Waals surface area contributed by atoms with E-state index in [9.17, 15) is 0 Å². The lowest BCUT2D eigenvalue weighted by atomic mass is 9.71. The van der Waals surface area contributed by atoms with Crippen molar-refractivity contribution in [3.8, 4) is 0 Å². The maximum absolute atomic E-state index is 6.74. The molecule has 0 aromatic heterocycles. The molecule has 3 aromatic carbocycles. The molecule has 2 heteroatoms. The minimum Gasteiger partial charge on any atom is -0.415 e. The van der Waals surface area contributed by atoms with Gasteiger partial charge in [0, 0.05) is 5.41 Å². The van der Waals surface area contributed by atoms with Gasteiger partial charge in [-0.1, -0.05) is 119 Å². The molecule has 0 amide bonds. The second kappa shape index (κ2) is 8.89. The third-order valence-corrected chi connectivity index (χ3v) is 7.24. The largest absolute Gasteiger partial charge is 0.415 e. The molecular formula is C26H32OSi. The molecule has 0 aliphatic carbocycles. The molecule has 0 N–H and O–H groups in total. The summed E-state index contributed by atoms with van der Waals surface area (Å²) in [6, 6.07) is 32.3. The molecule has 0 heterocycles. The average molecular weight is 389 g/mol. The Balaban J connectivity index is 1.87. The van der Waals surface area contributed by atoms with Crippen molar-refractivity contribution in [2.24, 2.45) is 0 Å². The highest BCUT2D eigenvalue weighted by atomic mass is 28.2. The second-order valence-corrected chi connectivity index (χ2v) is 10.3. The minimum absolute atomic E-state index is 0.0447. The molecule has 3 rings (SSSR count). The van der Waals surface area contributed by atoms with Crippen molar-refractivity contribution in [3.63, 3.8) is 0 Å². The van der Waals surface area contributed by atoms with Crippen LogP contribution in [0.2, 0.25) is 0 Å². The van der Waals surface area contributed by atoms with Gasteiger partial charge in [-0.05, 0) is 28.1 Å². The highest BCUT2D eigenvalue weighted by Gasteiger charge is 2.36. The van der Waals surface area contributed by atoms with Crippen LogP contribution in [0.5, 0.6) is 0 Å². The summed E-state index contributed by atoms with van der Waals surface area (Å²) in [6.07, 6.45) is 1.13. The molecule has 0 saturated heterocycles. The maximum Gasteiger partial charge on any atom is 0.192 e. The lowest BCUT2D eigenvalue weighted by Crippen LogP contribution is -2.42. The summed E-state index contributed by atoms with van der Waals surface area (Å²) < 4.78 is 6.74. The van der Waals surface area contributed by atoms with Crippen molar-refractivity contribution in [3.05, 3.63) is 102 Å². The zero-order valence-electron chi connectivity index (χ0n) is 17.6. The van der Waals surface area contributed by atoms with Gasteiger partial charge in [0.1, 0.15) is 0 Å². The van der Waals surface area contributed by atoms with Crippen LogP contribution in [0.4, 0.5) is 0 Å². The summed E-state index contributed by atoms with van der Waals surface area (Å²) in [7, 11) is -0.792. The Morgan fingerprint density at radius 2 is 1.14 bits per heavy atom. The number of rotatable bonds is 8. The molecule has 0 fully saturated rings. The standard InChI is InChI=1S/C26H32OSi/c1-25(2,21-14-8-5-9-15-21)20-24(27-28-23-18-12-7-13-19-23)26(3,4)22-16-10-6-11-17-22/h5-19,24H,20,28H2,1-4H3. The lowest BCUT2D eigenvalue weighted by molar-refractivity contribution is 0.102. The van der Waals surface area contributed by atoms with E-state index in [4.69, 9.17) is 4.43 Å². The first-order valence-corrected chi connectivity index (χ1v) is 11.4. The third-order valence-electron chi connectivity index (χ3n) is 5.87. The average Bonchev–Trinajstić information content (AvgIpc) is 2.73. The van der Waals surface area contributed by atoms with E-state index in [1.54, 1.807) is 0 Å².